The minimum Gasteiger partial charge on any atom is -0.357 e. The van der Waals surface area contributed by atoms with Crippen molar-refractivity contribution in [3.05, 3.63) is 16.1 Å². The minimum atomic E-state index is -0.0178. The van der Waals surface area contributed by atoms with Crippen molar-refractivity contribution in [2.24, 2.45) is 4.99 Å². The monoisotopic (exact) mass is 439 g/mol. The molecule has 1 heterocycles. The lowest BCUT2D eigenvalue weighted by atomic mass is 10.2. The molecule has 1 aromatic rings. The van der Waals surface area contributed by atoms with E-state index in [0.29, 0.717) is 11.9 Å². The van der Waals surface area contributed by atoms with E-state index >= 15 is 0 Å². The van der Waals surface area contributed by atoms with Gasteiger partial charge in [0.1, 0.15) is 6.54 Å². The van der Waals surface area contributed by atoms with Crippen LogP contribution in [0.5, 0.6) is 0 Å². The number of aliphatic imine (C=N–C) groups is 1. The Labute approximate surface area is 153 Å². The summed E-state index contributed by atoms with van der Waals surface area (Å²) in [7, 11) is 3.45. The standard InChI is InChI=1S/C14H25N5OS.HI/c1-6-15-14(18-9-12(20)19(4)5)17-7-10(2)13-16-8-11(3)21-13;/h8,10H,6-7,9H2,1-5H3,(H2,15,17,18);1H. The summed E-state index contributed by atoms with van der Waals surface area (Å²) in [5.74, 6) is 0.945. The third-order valence-electron chi connectivity index (χ3n) is 2.85. The van der Waals surface area contributed by atoms with Gasteiger partial charge in [-0.2, -0.15) is 0 Å². The highest BCUT2D eigenvalue weighted by Gasteiger charge is 2.10. The third kappa shape index (κ3) is 7.39. The van der Waals surface area contributed by atoms with Crippen LogP contribution < -0.4 is 10.6 Å². The quantitative estimate of drug-likeness (QED) is 0.403. The van der Waals surface area contributed by atoms with Gasteiger partial charge in [0.25, 0.3) is 0 Å². The molecule has 22 heavy (non-hydrogen) atoms. The van der Waals surface area contributed by atoms with Gasteiger partial charge >= 0.3 is 0 Å². The zero-order valence-electron chi connectivity index (χ0n) is 13.8. The SMILES string of the molecule is CCNC(=NCC(=O)N(C)C)NCC(C)c1ncc(C)s1.I. The number of thiazole rings is 1. The summed E-state index contributed by atoms with van der Waals surface area (Å²) >= 11 is 1.71. The number of likely N-dealkylation sites (N-methyl/N-ethyl adjacent to an activating group) is 1. The molecule has 1 atom stereocenters. The summed E-state index contributed by atoms with van der Waals surface area (Å²) < 4.78 is 0. The number of rotatable bonds is 6. The molecule has 0 aliphatic heterocycles. The number of aromatic nitrogens is 1. The van der Waals surface area contributed by atoms with Crippen LogP contribution in [0, 0.1) is 6.92 Å². The maximum Gasteiger partial charge on any atom is 0.243 e. The molecule has 0 saturated heterocycles. The van der Waals surface area contributed by atoms with Gasteiger partial charge in [-0.1, -0.05) is 6.92 Å². The second kappa shape index (κ2) is 10.8. The number of hydrogen-bond acceptors (Lipinski definition) is 4. The summed E-state index contributed by atoms with van der Waals surface area (Å²) in [6.07, 6.45) is 1.89. The molecule has 8 heteroatoms. The average molecular weight is 439 g/mol. The molecule has 0 radical (unpaired) electrons. The Morgan fingerprint density at radius 1 is 1.45 bits per heavy atom. The second-order valence-electron chi connectivity index (χ2n) is 5.07. The molecule has 126 valence electrons. The van der Waals surface area contributed by atoms with Crippen molar-refractivity contribution in [1.29, 1.82) is 0 Å². The summed E-state index contributed by atoms with van der Waals surface area (Å²) in [5.41, 5.74) is 0. The van der Waals surface area contributed by atoms with Crippen molar-refractivity contribution in [3.8, 4) is 0 Å². The van der Waals surface area contributed by atoms with Crippen LogP contribution in [-0.4, -0.2) is 55.5 Å². The maximum absolute atomic E-state index is 11.6. The van der Waals surface area contributed by atoms with E-state index in [4.69, 9.17) is 0 Å². The number of carbonyl (C=O) groups is 1. The molecular weight excluding hydrogens is 413 g/mol. The highest BCUT2D eigenvalue weighted by Crippen LogP contribution is 2.20. The molecule has 0 bridgehead atoms. The number of aryl methyl sites for hydroxylation is 1. The number of carbonyl (C=O) groups excluding carboxylic acids is 1. The highest BCUT2D eigenvalue weighted by molar-refractivity contribution is 14.0. The van der Waals surface area contributed by atoms with Crippen LogP contribution >= 0.6 is 35.3 Å². The molecule has 0 aromatic carbocycles. The lowest BCUT2D eigenvalue weighted by Gasteiger charge is -2.15. The first-order valence-electron chi connectivity index (χ1n) is 7.08. The smallest absolute Gasteiger partial charge is 0.243 e. The van der Waals surface area contributed by atoms with Gasteiger partial charge in [-0.25, -0.2) is 9.98 Å². The molecule has 0 fully saturated rings. The molecule has 0 aliphatic rings. The van der Waals surface area contributed by atoms with Gasteiger partial charge in [0.05, 0.1) is 5.01 Å². The van der Waals surface area contributed by atoms with Crippen molar-refractivity contribution in [1.82, 2.24) is 20.5 Å². The molecule has 1 aromatic heterocycles. The first kappa shape index (κ1) is 21.1. The Bertz CT molecular complexity index is 489. The summed E-state index contributed by atoms with van der Waals surface area (Å²) in [4.78, 5) is 23.0. The number of guanidine groups is 1. The summed E-state index contributed by atoms with van der Waals surface area (Å²) in [5, 5.41) is 7.51. The van der Waals surface area contributed by atoms with E-state index in [2.05, 4.69) is 34.5 Å². The topological polar surface area (TPSA) is 69.6 Å². The normalized spacial score (nSPS) is 12.3. The van der Waals surface area contributed by atoms with E-state index in [1.807, 2.05) is 13.1 Å². The van der Waals surface area contributed by atoms with Crippen molar-refractivity contribution in [2.75, 3.05) is 33.7 Å². The lowest BCUT2D eigenvalue weighted by molar-refractivity contribution is -0.127. The van der Waals surface area contributed by atoms with Crippen LogP contribution in [-0.2, 0) is 4.79 Å². The molecule has 0 saturated carbocycles. The highest BCUT2D eigenvalue weighted by atomic mass is 127. The Hall–Kier alpha value is -0.900. The van der Waals surface area contributed by atoms with Crippen LogP contribution in [0.25, 0.3) is 0 Å². The van der Waals surface area contributed by atoms with E-state index in [-0.39, 0.29) is 36.4 Å². The van der Waals surface area contributed by atoms with Gasteiger partial charge in [0, 0.05) is 44.2 Å². The van der Waals surface area contributed by atoms with Crippen LogP contribution in [0.15, 0.2) is 11.2 Å². The van der Waals surface area contributed by atoms with Crippen molar-refractivity contribution >= 4 is 47.2 Å². The number of hydrogen-bond donors (Lipinski definition) is 2. The van der Waals surface area contributed by atoms with Crippen molar-refractivity contribution in [3.63, 3.8) is 0 Å². The lowest BCUT2D eigenvalue weighted by Crippen LogP contribution is -2.40. The number of halogens is 1. The molecule has 1 unspecified atom stereocenters. The number of nitrogens with zero attached hydrogens (tertiary/aromatic N) is 3. The van der Waals surface area contributed by atoms with E-state index in [9.17, 15) is 4.79 Å². The molecule has 1 rings (SSSR count). The Balaban J connectivity index is 0.00000441. The minimum absolute atomic E-state index is 0. The van der Waals surface area contributed by atoms with Gasteiger partial charge in [-0.3, -0.25) is 4.79 Å². The fourth-order valence-electron chi connectivity index (χ4n) is 1.57. The van der Waals surface area contributed by atoms with Gasteiger partial charge < -0.3 is 15.5 Å². The van der Waals surface area contributed by atoms with Crippen LogP contribution in [0.4, 0.5) is 0 Å². The largest absolute Gasteiger partial charge is 0.357 e. The van der Waals surface area contributed by atoms with E-state index in [0.717, 1.165) is 18.1 Å². The fourth-order valence-corrected chi connectivity index (χ4v) is 2.39. The van der Waals surface area contributed by atoms with Crippen molar-refractivity contribution in [2.45, 2.75) is 26.7 Å². The van der Waals surface area contributed by atoms with E-state index in [1.54, 1.807) is 25.4 Å². The molecule has 1 amide bonds. The molecule has 0 aliphatic carbocycles. The van der Waals surface area contributed by atoms with Gasteiger partial charge in [-0.05, 0) is 13.8 Å². The first-order valence-corrected chi connectivity index (χ1v) is 7.90. The summed E-state index contributed by atoms with van der Waals surface area (Å²) in [6.45, 7) is 7.81. The van der Waals surface area contributed by atoms with Gasteiger partial charge in [-0.15, -0.1) is 35.3 Å². The van der Waals surface area contributed by atoms with Crippen LogP contribution in [0.2, 0.25) is 0 Å². The van der Waals surface area contributed by atoms with E-state index < -0.39 is 0 Å². The molecule has 0 spiro atoms. The van der Waals surface area contributed by atoms with Crippen LogP contribution in [0.3, 0.4) is 0 Å². The van der Waals surface area contributed by atoms with E-state index in [1.165, 1.54) is 9.78 Å². The predicted octanol–water partition coefficient (Wildman–Crippen LogP) is 1.82. The molecular formula is C14H26IN5OS. The first-order chi connectivity index (χ1) is 9.93. The Morgan fingerprint density at radius 3 is 2.64 bits per heavy atom. The third-order valence-corrected chi connectivity index (χ3v) is 4.00. The number of nitrogens with one attached hydrogen (secondary N) is 2. The predicted molar refractivity (Wildman–Crippen MR) is 103 cm³/mol. The average Bonchev–Trinajstić information content (AvgIpc) is 2.87. The Morgan fingerprint density at radius 2 is 2.14 bits per heavy atom. The number of amides is 1. The molecule has 2 N–H and O–H groups in total. The Kier molecular flexibility index (Phi) is 10.3. The van der Waals surface area contributed by atoms with Crippen molar-refractivity contribution < 1.29 is 4.79 Å². The maximum atomic E-state index is 11.6. The zero-order chi connectivity index (χ0) is 15.8. The molecule has 6 nitrogen and oxygen atoms in total. The zero-order valence-corrected chi connectivity index (χ0v) is 17.0. The van der Waals surface area contributed by atoms with Crippen LogP contribution in [0.1, 0.15) is 29.7 Å². The fraction of sp³-hybridized carbons (Fsp3) is 0.643. The summed E-state index contributed by atoms with van der Waals surface area (Å²) in [6, 6.07) is 0. The second-order valence-corrected chi connectivity index (χ2v) is 6.34. The van der Waals surface area contributed by atoms with Gasteiger partial charge in [0.2, 0.25) is 5.91 Å². The van der Waals surface area contributed by atoms with Gasteiger partial charge in [0.15, 0.2) is 5.96 Å².